The summed E-state index contributed by atoms with van der Waals surface area (Å²) >= 11 is 1.86. The number of hydrogen-bond donors (Lipinski definition) is 0. The molecule has 0 aliphatic rings. The van der Waals surface area contributed by atoms with Crippen molar-refractivity contribution in [1.82, 2.24) is 0 Å². The van der Waals surface area contributed by atoms with Gasteiger partial charge >= 0.3 is 0 Å². The van der Waals surface area contributed by atoms with Crippen LogP contribution in [-0.2, 0) is 0 Å². The van der Waals surface area contributed by atoms with E-state index in [9.17, 15) is 0 Å². The minimum atomic E-state index is 0.904. The highest BCUT2D eigenvalue weighted by molar-refractivity contribution is 7.26. The molecule has 0 atom stereocenters. The van der Waals surface area contributed by atoms with E-state index in [0.29, 0.717) is 0 Å². The molecule has 0 bridgehead atoms. The molecule has 2 nitrogen and oxygen atoms in total. The van der Waals surface area contributed by atoms with E-state index in [2.05, 4.69) is 193 Å². The summed E-state index contributed by atoms with van der Waals surface area (Å²) in [6, 6.07) is 72.4. The van der Waals surface area contributed by atoms with Gasteiger partial charge in [0.15, 0.2) is 0 Å². The van der Waals surface area contributed by atoms with Crippen LogP contribution in [0.4, 0.5) is 17.1 Å². The van der Waals surface area contributed by atoms with Gasteiger partial charge in [-0.1, -0.05) is 146 Å². The molecule has 0 aliphatic heterocycles. The molecule has 0 N–H and O–H groups in total. The van der Waals surface area contributed by atoms with Gasteiger partial charge in [0.25, 0.3) is 0 Å². The number of rotatable bonds is 6. The Morgan fingerprint density at radius 3 is 1.73 bits per heavy atom. The third-order valence-corrected chi connectivity index (χ3v) is 12.1. The summed E-state index contributed by atoms with van der Waals surface area (Å²) in [7, 11) is 0. The molecule has 0 unspecified atom stereocenters. The van der Waals surface area contributed by atoms with E-state index in [1.165, 1.54) is 58.8 Å². The average Bonchev–Trinajstić information content (AvgIpc) is 3.83. The van der Waals surface area contributed by atoms with Crippen molar-refractivity contribution in [2.24, 2.45) is 0 Å². The predicted octanol–water partition coefficient (Wildman–Crippen LogP) is 15.6. The van der Waals surface area contributed by atoms with Crippen molar-refractivity contribution >= 4 is 81.3 Å². The number of furan rings is 1. The number of benzene rings is 9. The van der Waals surface area contributed by atoms with Crippen LogP contribution in [0.2, 0.25) is 0 Å². The number of fused-ring (bicyclic) bond motifs is 7. The molecular formula is C52H33NOS. The van der Waals surface area contributed by atoms with Crippen molar-refractivity contribution in [2.45, 2.75) is 0 Å². The zero-order valence-electron chi connectivity index (χ0n) is 29.8. The normalized spacial score (nSPS) is 11.6. The van der Waals surface area contributed by atoms with Crippen LogP contribution in [0, 0.1) is 0 Å². The summed E-state index contributed by atoms with van der Waals surface area (Å²) in [6.07, 6.45) is 0. The fraction of sp³-hybridized carbons (Fsp3) is 0. The van der Waals surface area contributed by atoms with Gasteiger partial charge in [-0.15, -0.1) is 11.3 Å². The van der Waals surface area contributed by atoms with Crippen LogP contribution in [0.1, 0.15) is 0 Å². The van der Waals surface area contributed by atoms with Gasteiger partial charge in [0, 0.05) is 37.3 Å². The lowest BCUT2D eigenvalue weighted by Crippen LogP contribution is -2.11. The van der Waals surface area contributed by atoms with Gasteiger partial charge in [-0.2, -0.15) is 0 Å². The van der Waals surface area contributed by atoms with Crippen molar-refractivity contribution in [2.75, 3.05) is 4.90 Å². The van der Waals surface area contributed by atoms with Crippen LogP contribution in [0.5, 0.6) is 0 Å². The zero-order valence-corrected chi connectivity index (χ0v) is 30.6. The van der Waals surface area contributed by atoms with Crippen LogP contribution >= 0.6 is 11.3 Å². The number of hydrogen-bond acceptors (Lipinski definition) is 3. The second-order valence-corrected chi connectivity index (χ2v) is 15.1. The van der Waals surface area contributed by atoms with E-state index in [-0.39, 0.29) is 0 Å². The lowest BCUT2D eigenvalue weighted by atomic mass is 9.94. The first-order valence-electron chi connectivity index (χ1n) is 18.7. The Balaban J connectivity index is 1.19. The standard InChI is InChI=1S/C52H33NOS/c1-3-14-34(15-4-1)37-30-38(35-16-5-2-6-17-35)32-39(31-37)53(48-23-13-22-45-44-21-10-12-25-51(44)55-52(45)48)47-28-27-40(41-18-7-8-19-42(41)47)36-26-29-50-46(33-36)43-20-9-11-24-49(43)54-50/h1-33H. The van der Waals surface area contributed by atoms with E-state index in [4.69, 9.17) is 4.42 Å². The summed E-state index contributed by atoms with van der Waals surface area (Å²) in [6.45, 7) is 0. The summed E-state index contributed by atoms with van der Waals surface area (Å²) in [5, 5.41) is 7.20. The topological polar surface area (TPSA) is 16.4 Å². The van der Waals surface area contributed by atoms with E-state index in [1.807, 2.05) is 23.5 Å². The molecule has 0 spiro atoms. The summed E-state index contributed by atoms with van der Waals surface area (Å²) < 4.78 is 8.77. The molecule has 11 rings (SSSR count). The van der Waals surface area contributed by atoms with Crippen LogP contribution in [0.3, 0.4) is 0 Å². The average molecular weight is 720 g/mol. The zero-order chi connectivity index (χ0) is 36.3. The lowest BCUT2D eigenvalue weighted by molar-refractivity contribution is 0.669. The Labute approximate surface area is 322 Å². The fourth-order valence-electron chi connectivity index (χ4n) is 8.27. The van der Waals surface area contributed by atoms with E-state index >= 15 is 0 Å². The quantitative estimate of drug-likeness (QED) is 0.170. The number of nitrogens with zero attached hydrogens (tertiary/aromatic N) is 1. The first-order valence-corrected chi connectivity index (χ1v) is 19.5. The van der Waals surface area contributed by atoms with Gasteiger partial charge in [0.05, 0.1) is 16.1 Å². The third-order valence-electron chi connectivity index (χ3n) is 10.8. The second-order valence-electron chi connectivity index (χ2n) is 14.1. The highest BCUT2D eigenvalue weighted by Crippen LogP contribution is 2.49. The van der Waals surface area contributed by atoms with Gasteiger partial charge in [0.1, 0.15) is 11.2 Å². The Hall–Kier alpha value is -6.94. The van der Waals surface area contributed by atoms with E-state index in [0.717, 1.165) is 44.6 Å². The van der Waals surface area contributed by atoms with Gasteiger partial charge in [0.2, 0.25) is 0 Å². The number of thiophene rings is 1. The van der Waals surface area contributed by atoms with Gasteiger partial charge in [-0.3, -0.25) is 0 Å². The molecular weight excluding hydrogens is 687 g/mol. The van der Waals surface area contributed by atoms with Crippen LogP contribution in [0.15, 0.2) is 205 Å². The molecule has 9 aromatic carbocycles. The second kappa shape index (κ2) is 12.9. The highest BCUT2D eigenvalue weighted by atomic mass is 32.1. The maximum atomic E-state index is 6.21. The minimum Gasteiger partial charge on any atom is -0.456 e. The molecule has 2 aromatic heterocycles. The smallest absolute Gasteiger partial charge is 0.135 e. The molecule has 258 valence electrons. The van der Waals surface area contributed by atoms with E-state index < -0.39 is 0 Å². The SMILES string of the molecule is c1ccc(-c2cc(-c3ccccc3)cc(N(c3ccc(-c4ccc5oc6ccccc6c5c4)c4ccccc34)c3cccc4c3sc3ccccc34)c2)cc1. The molecule has 0 aliphatic carbocycles. The Bertz CT molecular complexity index is 3150. The predicted molar refractivity (Wildman–Crippen MR) is 235 cm³/mol. The number of para-hydroxylation sites is 1. The summed E-state index contributed by atoms with van der Waals surface area (Å²) in [5.41, 5.74) is 12.3. The fourth-order valence-corrected chi connectivity index (χ4v) is 9.48. The van der Waals surface area contributed by atoms with Crippen LogP contribution in [0.25, 0.3) is 86.3 Å². The third kappa shape index (κ3) is 5.32. The Kier molecular flexibility index (Phi) is 7.39. The first-order chi connectivity index (χ1) is 27.3. The number of anilines is 3. The molecule has 55 heavy (non-hydrogen) atoms. The van der Waals surface area contributed by atoms with Gasteiger partial charge in [-0.05, 0) is 93.4 Å². The van der Waals surface area contributed by atoms with Gasteiger partial charge in [-0.25, -0.2) is 0 Å². The van der Waals surface area contributed by atoms with Crippen LogP contribution in [-0.4, -0.2) is 0 Å². The summed E-state index contributed by atoms with van der Waals surface area (Å²) in [5.74, 6) is 0. The van der Waals surface area contributed by atoms with Gasteiger partial charge < -0.3 is 9.32 Å². The molecule has 0 fully saturated rings. The lowest BCUT2D eigenvalue weighted by Gasteiger charge is -2.29. The largest absolute Gasteiger partial charge is 0.456 e. The Morgan fingerprint density at radius 1 is 0.345 bits per heavy atom. The molecule has 2 heterocycles. The van der Waals surface area contributed by atoms with E-state index in [1.54, 1.807) is 0 Å². The molecule has 3 heteroatoms. The first kappa shape index (κ1) is 31.6. The van der Waals surface area contributed by atoms with Crippen molar-refractivity contribution < 1.29 is 4.42 Å². The van der Waals surface area contributed by atoms with Crippen LogP contribution < -0.4 is 4.90 Å². The van der Waals surface area contributed by atoms with Crippen molar-refractivity contribution in [3.8, 4) is 33.4 Å². The molecule has 0 radical (unpaired) electrons. The molecule has 0 saturated heterocycles. The monoisotopic (exact) mass is 719 g/mol. The van der Waals surface area contributed by atoms with Crippen molar-refractivity contribution in [1.29, 1.82) is 0 Å². The highest BCUT2D eigenvalue weighted by Gasteiger charge is 2.22. The maximum absolute atomic E-state index is 6.21. The molecule has 0 saturated carbocycles. The molecule has 0 amide bonds. The van der Waals surface area contributed by atoms with Crippen molar-refractivity contribution in [3.63, 3.8) is 0 Å². The minimum absolute atomic E-state index is 0.904. The Morgan fingerprint density at radius 2 is 0.964 bits per heavy atom. The van der Waals surface area contributed by atoms with Crippen molar-refractivity contribution in [3.05, 3.63) is 200 Å². The summed E-state index contributed by atoms with van der Waals surface area (Å²) in [4.78, 5) is 2.50. The maximum Gasteiger partial charge on any atom is 0.135 e. The molecule has 11 aromatic rings.